The lowest BCUT2D eigenvalue weighted by Gasteiger charge is -2.11. The lowest BCUT2D eigenvalue weighted by molar-refractivity contribution is -0.386. The molecule has 15 heavy (non-hydrogen) atoms. The van der Waals surface area contributed by atoms with E-state index in [9.17, 15) is 19.6 Å². The second-order valence-electron chi connectivity index (χ2n) is 3.13. The maximum atomic E-state index is 13.0. The SMILES string of the molecule is CC[C@H](N)c1cc(F)cc([N+](=O)[O-])c1O. The fraction of sp³-hybridized carbons (Fsp3) is 0.333. The molecule has 0 aromatic heterocycles. The van der Waals surface area contributed by atoms with Gasteiger partial charge < -0.3 is 10.8 Å². The minimum Gasteiger partial charge on any atom is -0.502 e. The first-order chi connectivity index (χ1) is 6.97. The van der Waals surface area contributed by atoms with Crippen LogP contribution >= 0.6 is 0 Å². The van der Waals surface area contributed by atoms with Crippen LogP contribution in [-0.2, 0) is 0 Å². The highest BCUT2D eigenvalue weighted by Crippen LogP contribution is 2.34. The van der Waals surface area contributed by atoms with Crippen molar-refractivity contribution in [3.8, 4) is 5.75 Å². The molecule has 0 amide bonds. The van der Waals surface area contributed by atoms with Gasteiger partial charge in [-0.05, 0) is 12.5 Å². The number of aromatic hydroxyl groups is 1. The van der Waals surface area contributed by atoms with E-state index < -0.39 is 28.2 Å². The van der Waals surface area contributed by atoms with Gasteiger partial charge in [-0.15, -0.1) is 0 Å². The number of phenolic OH excluding ortho intramolecular Hbond substituents is 1. The molecule has 6 heteroatoms. The van der Waals surface area contributed by atoms with Crippen molar-refractivity contribution in [3.63, 3.8) is 0 Å². The van der Waals surface area contributed by atoms with E-state index in [-0.39, 0.29) is 5.56 Å². The van der Waals surface area contributed by atoms with Crippen LogP contribution in [0, 0.1) is 15.9 Å². The summed E-state index contributed by atoms with van der Waals surface area (Å²) in [4.78, 5) is 9.63. The third kappa shape index (κ3) is 2.21. The van der Waals surface area contributed by atoms with Crippen LogP contribution in [-0.4, -0.2) is 10.0 Å². The second kappa shape index (κ2) is 4.22. The minimum absolute atomic E-state index is 0.0594. The number of nitro benzene ring substituents is 1. The molecule has 0 radical (unpaired) electrons. The van der Waals surface area contributed by atoms with Crippen molar-refractivity contribution in [1.82, 2.24) is 0 Å². The van der Waals surface area contributed by atoms with Crippen molar-refractivity contribution >= 4 is 5.69 Å². The predicted octanol–water partition coefficient (Wildman–Crippen LogP) is 1.85. The van der Waals surface area contributed by atoms with Gasteiger partial charge in [-0.1, -0.05) is 6.92 Å². The Morgan fingerprint density at radius 3 is 2.73 bits per heavy atom. The molecule has 5 nitrogen and oxygen atoms in total. The molecule has 0 aliphatic rings. The normalized spacial score (nSPS) is 12.5. The third-order valence-electron chi connectivity index (χ3n) is 2.12. The molecule has 3 N–H and O–H groups in total. The summed E-state index contributed by atoms with van der Waals surface area (Å²) in [5, 5.41) is 20.0. The topological polar surface area (TPSA) is 89.4 Å². The number of hydrogen-bond acceptors (Lipinski definition) is 4. The fourth-order valence-electron chi connectivity index (χ4n) is 1.25. The van der Waals surface area contributed by atoms with Crippen molar-refractivity contribution in [2.24, 2.45) is 5.73 Å². The van der Waals surface area contributed by atoms with Crippen molar-refractivity contribution in [2.45, 2.75) is 19.4 Å². The molecule has 0 fully saturated rings. The fourth-order valence-corrected chi connectivity index (χ4v) is 1.25. The van der Waals surface area contributed by atoms with Crippen LogP contribution in [0.15, 0.2) is 12.1 Å². The van der Waals surface area contributed by atoms with Gasteiger partial charge >= 0.3 is 5.69 Å². The van der Waals surface area contributed by atoms with Gasteiger partial charge in [-0.25, -0.2) is 4.39 Å². The Hall–Kier alpha value is -1.69. The summed E-state index contributed by atoms with van der Waals surface area (Å²) < 4.78 is 13.0. The summed E-state index contributed by atoms with van der Waals surface area (Å²) in [5.74, 6) is -1.34. The zero-order chi connectivity index (χ0) is 11.6. The Morgan fingerprint density at radius 1 is 1.67 bits per heavy atom. The molecule has 0 aliphatic carbocycles. The van der Waals surface area contributed by atoms with E-state index in [0.29, 0.717) is 12.5 Å². The second-order valence-corrected chi connectivity index (χ2v) is 3.13. The highest BCUT2D eigenvalue weighted by molar-refractivity contribution is 5.52. The molecule has 1 atom stereocenters. The summed E-state index contributed by atoms with van der Waals surface area (Å²) in [7, 11) is 0. The summed E-state index contributed by atoms with van der Waals surface area (Å²) in [5.41, 5.74) is 4.98. The molecular weight excluding hydrogens is 203 g/mol. The Labute approximate surface area is 85.5 Å². The monoisotopic (exact) mass is 214 g/mol. The predicted molar refractivity (Wildman–Crippen MR) is 51.9 cm³/mol. The number of halogens is 1. The van der Waals surface area contributed by atoms with Crippen molar-refractivity contribution in [1.29, 1.82) is 0 Å². The quantitative estimate of drug-likeness (QED) is 0.593. The lowest BCUT2D eigenvalue weighted by Crippen LogP contribution is -2.10. The lowest BCUT2D eigenvalue weighted by atomic mass is 10.0. The largest absolute Gasteiger partial charge is 0.502 e. The van der Waals surface area contributed by atoms with Crippen LogP contribution < -0.4 is 5.73 Å². The first-order valence-corrected chi connectivity index (χ1v) is 4.39. The molecule has 0 heterocycles. The Morgan fingerprint density at radius 2 is 2.27 bits per heavy atom. The Kier molecular flexibility index (Phi) is 3.21. The molecule has 0 bridgehead atoms. The Balaban J connectivity index is 3.34. The van der Waals surface area contributed by atoms with Crippen LogP contribution in [0.25, 0.3) is 0 Å². The number of nitro groups is 1. The molecule has 0 aliphatic heterocycles. The van der Waals surface area contributed by atoms with Crippen LogP contribution in [0.4, 0.5) is 10.1 Å². The molecule has 1 aromatic carbocycles. The van der Waals surface area contributed by atoms with E-state index in [1.165, 1.54) is 0 Å². The number of benzene rings is 1. The average molecular weight is 214 g/mol. The maximum absolute atomic E-state index is 13.0. The molecule has 0 unspecified atom stereocenters. The number of nitrogens with two attached hydrogens (primary N) is 1. The molecule has 1 aromatic rings. The van der Waals surface area contributed by atoms with Crippen molar-refractivity contribution in [3.05, 3.63) is 33.6 Å². The van der Waals surface area contributed by atoms with Gasteiger partial charge in [0, 0.05) is 11.6 Å². The van der Waals surface area contributed by atoms with E-state index in [2.05, 4.69) is 0 Å². The van der Waals surface area contributed by atoms with Gasteiger partial charge in [0.25, 0.3) is 0 Å². The molecule has 0 spiro atoms. The summed E-state index contributed by atoms with van der Waals surface area (Å²) in [6.07, 6.45) is 0.453. The zero-order valence-corrected chi connectivity index (χ0v) is 8.11. The van der Waals surface area contributed by atoms with Gasteiger partial charge in [0.15, 0.2) is 5.75 Å². The van der Waals surface area contributed by atoms with Gasteiger partial charge in [0.1, 0.15) is 5.82 Å². The maximum Gasteiger partial charge on any atom is 0.313 e. The molecule has 1 rings (SSSR count). The summed E-state index contributed by atoms with van der Waals surface area (Å²) >= 11 is 0. The highest BCUT2D eigenvalue weighted by Gasteiger charge is 2.21. The van der Waals surface area contributed by atoms with Gasteiger partial charge in [0.05, 0.1) is 11.0 Å². The standard InChI is InChI=1S/C9H11FN2O3/c1-2-7(11)6-3-5(10)4-8(9(6)13)12(14)15/h3-4,7,13H,2,11H2,1H3/t7-/m0/s1. The molecular formula is C9H11FN2O3. The highest BCUT2D eigenvalue weighted by atomic mass is 19.1. The average Bonchev–Trinajstić information content (AvgIpc) is 2.19. The summed E-state index contributed by atoms with van der Waals surface area (Å²) in [6, 6.07) is 1.07. The van der Waals surface area contributed by atoms with Crippen LogP contribution in [0.1, 0.15) is 24.9 Å². The third-order valence-corrected chi connectivity index (χ3v) is 2.12. The van der Waals surface area contributed by atoms with Gasteiger partial charge in [0.2, 0.25) is 0 Å². The molecule has 0 saturated carbocycles. The van der Waals surface area contributed by atoms with Crippen LogP contribution in [0.3, 0.4) is 0 Å². The van der Waals surface area contributed by atoms with E-state index in [4.69, 9.17) is 5.73 Å². The van der Waals surface area contributed by atoms with Gasteiger partial charge in [-0.3, -0.25) is 10.1 Å². The van der Waals surface area contributed by atoms with Crippen molar-refractivity contribution in [2.75, 3.05) is 0 Å². The van der Waals surface area contributed by atoms with Gasteiger partial charge in [-0.2, -0.15) is 0 Å². The van der Waals surface area contributed by atoms with E-state index in [1.807, 2.05) is 0 Å². The van der Waals surface area contributed by atoms with E-state index >= 15 is 0 Å². The molecule has 82 valence electrons. The first kappa shape index (κ1) is 11.4. The molecule has 0 saturated heterocycles. The first-order valence-electron chi connectivity index (χ1n) is 4.39. The number of phenols is 1. The number of hydrogen-bond donors (Lipinski definition) is 2. The van der Waals surface area contributed by atoms with Crippen LogP contribution in [0.2, 0.25) is 0 Å². The minimum atomic E-state index is -0.843. The van der Waals surface area contributed by atoms with E-state index in [0.717, 1.165) is 6.07 Å². The zero-order valence-electron chi connectivity index (χ0n) is 8.11. The Bertz CT molecular complexity index is 395. The number of nitrogens with zero attached hydrogens (tertiary/aromatic N) is 1. The van der Waals surface area contributed by atoms with Crippen molar-refractivity contribution < 1.29 is 14.4 Å². The number of rotatable bonds is 3. The van der Waals surface area contributed by atoms with Crippen LogP contribution in [0.5, 0.6) is 5.75 Å². The summed E-state index contributed by atoms with van der Waals surface area (Å²) in [6.45, 7) is 1.74. The van der Waals surface area contributed by atoms with E-state index in [1.54, 1.807) is 6.92 Å². The smallest absolute Gasteiger partial charge is 0.313 e.